The number of ether oxygens (including phenoxy) is 1. The highest BCUT2D eigenvalue weighted by atomic mass is 28.4. The van der Waals surface area contributed by atoms with Gasteiger partial charge in [-0.1, -0.05) is 0 Å². The van der Waals surface area contributed by atoms with E-state index in [9.17, 15) is 0 Å². The summed E-state index contributed by atoms with van der Waals surface area (Å²) in [7, 11) is -2.61. The van der Waals surface area contributed by atoms with Crippen LogP contribution in [0.5, 0.6) is 0 Å². The molecular weight excluding hydrogens is 136 g/mol. The first-order valence-corrected chi connectivity index (χ1v) is 5.85. The van der Waals surface area contributed by atoms with Crippen LogP contribution in [0.3, 0.4) is 0 Å². The van der Waals surface area contributed by atoms with Gasteiger partial charge in [0.05, 0.1) is 12.7 Å². The Bertz CT molecular complexity index is 68.8. The van der Waals surface area contributed by atoms with Gasteiger partial charge in [0.15, 0.2) is 0 Å². The number of epoxide rings is 1. The van der Waals surface area contributed by atoms with E-state index in [1.54, 1.807) is 0 Å². The minimum atomic E-state index is -2.61. The topological polar surface area (TPSA) is 53.0 Å². The van der Waals surface area contributed by atoms with Crippen molar-refractivity contribution in [2.75, 3.05) is 6.61 Å². The van der Waals surface area contributed by atoms with Crippen LogP contribution in [0, 0.1) is 0 Å². The van der Waals surface area contributed by atoms with E-state index < -0.39 is 8.56 Å². The zero-order valence-electron chi connectivity index (χ0n) is 6.09. The van der Waals surface area contributed by atoms with Crippen molar-refractivity contribution in [2.45, 2.75) is 26.1 Å². The number of hydrogen-bond donors (Lipinski definition) is 2. The van der Waals surface area contributed by atoms with Gasteiger partial charge in [-0.3, -0.25) is 0 Å². The largest absolute Gasteiger partial charge is 0.411 e. The summed E-state index contributed by atoms with van der Waals surface area (Å²) < 4.78 is 4.71. The molecule has 4 heteroatoms. The fourth-order valence-corrected chi connectivity index (χ4v) is 0.0962. The molecule has 56 valence electrons. The van der Waals surface area contributed by atoms with Gasteiger partial charge in [0.1, 0.15) is 0 Å². The zero-order valence-corrected chi connectivity index (χ0v) is 7.09. The summed E-state index contributed by atoms with van der Waals surface area (Å²) in [5, 5.41) is 0. The highest BCUT2D eigenvalue weighted by molar-refractivity contribution is 6.61. The molecule has 1 rings (SSSR count). The fourth-order valence-electron chi connectivity index (χ4n) is 0.0962. The third-order valence-corrected chi connectivity index (χ3v) is 0.500. The maximum atomic E-state index is 8.22. The quantitative estimate of drug-likeness (QED) is 0.380. The molecule has 0 spiro atoms. The van der Waals surface area contributed by atoms with Crippen molar-refractivity contribution in [3.05, 3.63) is 0 Å². The summed E-state index contributed by atoms with van der Waals surface area (Å²) in [6.45, 7) is 5.92. The molecule has 0 radical (unpaired) electrons. The number of rotatable bonds is 0. The van der Waals surface area contributed by atoms with Gasteiger partial charge in [-0.25, -0.2) is 0 Å². The van der Waals surface area contributed by atoms with Gasteiger partial charge < -0.3 is 14.3 Å². The normalized spacial score (nSPS) is 24.3. The first-order chi connectivity index (χ1) is 3.89. The van der Waals surface area contributed by atoms with Crippen LogP contribution in [0.4, 0.5) is 0 Å². The van der Waals surface area contributed by atoms with Crippen LogP contribution in [-0.2, 0) is 4.74 Å². The maximum Gasteiger partial charge on any atom is 0.326 e. The van der Waals surface area contributed by atoms with Crippen LogP contribution >= 0.6 is 0 Å². The molecule has 1 fully saturated rings. The van der Waals surface area contributed by atoms with E-state index in [1.165, 1.54) is 13.1 Å². The Hall–Kier alpha value is 0.0969. The van der Waals surface area contributed by atoms with Crippen LogP contribution in [0.2, 0.25) is 13.1 Å². The minimum Gasteiger partial charge on any atom is -0.411 e. The molecule has 1 atom stereocenters. The van der Waals surface area contributed by atoms with Gasteiger partial charge >= 0.3 is 8.56 Å². The summed E-state index contributed by atoms with van der Waals surface area (Å²) in [6.07, 6.45) is 0.583. The SMILES string of the molecule is CC1CO1.C[Si](C)(O)O. The Kier molecular flexibility index (Phi) is 3.35. The second kappa shape index (κ2) is 3.31. The maximum absolute atomic E-state index is 8.22. The summed E-state index contributed by atoms with van der Waals surface area (Å²) in [4.78, 5) is 16.4. The van der Waals surface area contributed by atoms with Crippen LogP contribution in [0.1, 0.15) is 6.92 Å². The molecule has 0 amide bonds. The Labute approximate surface area is 56.5 Å². The highest BCUT2D eigenvalue weighted by Gasteiger charge is 2.13. The molecule has 0 saturated carbocycles. The smallest absolute Gasteiger partial charge is 0.326 e. The molecule has 1 saturated heterocycles. The van der Waals surface area contributed by atoms with Crippen LogP contribution in [0.25, 0.3) is 0 Å². The molecule has 1 heterocycles. The number of hydrogen-bond acceptors (Lipinski definition) is 3. The molecule has 0 aromatic rings. The Morgan fingerprint density at radius 3 is 1.56 bits per heavy atom. The van der Waals surface area contributed by atoms with Crippen molar-refractivity contribution in [3.8, 4) is 0 Å². The third-order valence-electron chi connectivity index (χ3n) is 0.500. The van der Waals surface area contributed by atoms with Crippen molar-refractivity contribution in [2.24, 2.45) is 0 Å². The van der Waals surface area contributed by atoms with E-state index in [2.05, 4.69) is 6.92 Å². The second-order valence-electron chi connectivity index (χ2n) is 2.64. The molecule has 1 aliphatic heterocycles. The van der Waals surface area contributed by atoms with Gasteiger partial charge in [-0.15, -0.1) is 0 Å². The lowest BCUT2D eigenvalue weighted by molar-refractivity contribution is 0.382. The standard InChI is InChI=1S/C3H6O.C2H8O2Si/c1-3-2-4-3;1-5(2,3)4/h3H,2H2,1H3;3-4H,1-2H3. The van der Waals surface area contributed by atoms with E-state index in [0.717, 1.165) is 6.61 Å². The molecular formula is C5H14O3Si. The lowest BCUT2D eigenvalue weighted by atomic mass is 10.6. The van der Waals surface area contributed by atoms with E-state index >= 15 is 0 Å². The van der Waals surface area contributed by atoms with Crippen molar-refractivity contribution >= 4 is 8.56 Å². The van der Waals surface area contributed by atoms with E-state index in [0.29, 0.717) is 6.10 Å². The lowest BCUT2D eigenvalue weighted by Crippen LogP contribution is -2.23. The first kappa shape index (κ1) is 9.10. The predicted molar refractivity (Wildman–Crippen MR) is 37.3 cm³/mol. The summed E-state index contributed by atoms with van der Waals surface area (Å²) in [5.74, 6) is 0. The second-order valence-corrected chi connectivity index (χ2v) is 5.63. The Morgan fingerprint density at radius 2 is 1.56 bits per heavy atom. The predicted octanol–water partition coefficient (Wildman–Crippen LogP) is 0.0779. The van der Waals surface area contributed by atoms with Gasteiger partial charge in [0.2, 0.25) is 0 Å². The van der Waals surface area contributed by atoms with Crippen molar-refractivity contribution in [3.63, 3.8) is 0 Å². The Morgan fingerprint density at radius 1 is 1.44 bits per heavy atom. The van der Waals surface area contributed by atoms with Gasteiger partial charge in [-0.05, 0) is 20.0 Å². The summed E-state index contributed by atoms with van der Waals surface area (Å²) in [5.41, 5.74) is 0. The van der Waals surface area contributed by atoms with Crippen LogP contribution in [0.15, 0.2) is 0 Å². The molecule has 0 aromatic heterocycles. The molecule has 1 aliphatic rings. The molecule has 3 nitrogen and oxygen atoms in total. The molecule has 2 N–H and O–H groups in total. The summed E-state index contributed by atoms with van der Waals surface area (Å²) >= 11 is 0. The lowest BCUT2D eigenvalue weighted by Gasteiger charge is -1.97. The van der Waals surface area contributed by atoms with Crippen molar-refractivity contribution in [1.82, 2.24) is 0 Å². The van der Waals surface area contributed by atoms with E-state index in [4.69, 9.17) is 14.3 Å². The first-order valence-electron chi connectivity index (χ1n) is 2.96. The van der Waals surface area contributed by atoms with Crippen LogP contribution in [-0.4, -0.2) is 30.9 Å². The highest BCUT2D eigenvalue weighted by Crippen LogP contribution is 2.04. The zero-order chi connectivity index (χ0) is 7.49. The Balaban J connectivity index is 0.000000144. The molecule has 0 aliphatic carbocycles. The average molecular weight is 150 g/mol. The van der Waals surface area contributed by atoms with Gasteiger partial charge in [-0.2, -0.15) is 0 Å². The monoisotopic (exact) mass is 150 g/mol. The van der Waals surface area contributed by atoms with Crippen molar-refractivity contribution in [1.29, 1.82) is 0 Å². The minimum absolute atomic E-state index is 0.583. The van der Waals surface area contributed by atoms with Gasteiger partial charge in [0, 0.05) is 0 Å². The fraction of sp³-hybridized carbons (Fsp3) is 1.00. The van der Waals surface area contributed by atoms with Crippen molar-refractivity contribution < 1.29 is 14.3 Å². The molecule has 0 aromatic carbocycles. The average Bonchev–Trinajstić information content (AvgIpc) is 2.13. The van der Waals surface area contributed by atoms with E-state index in [1.807, 2.05) is 0 Å². The third kappa shape index (κ3) is 31.4. The molecule has 0 bridgehead atoms. The van der Waals surface area contributed by atoms with Crippen LogP contribution < -0.4 is 0 Å². The summed E-state index contributed by atoms with van der Waals surface area (Å²) in [6, 6.07) is 0. The molecule has 9 heavy (non-hydrogen) atoms. The molecule has 1 unspecified atom stereocenters. The van der Waals surface area contributed by atoms with E-state index in [-0.39, 0.29) is 0 Å². The van der Waals surface area contributed by atoms with Gasteiger partial charge in [0.25, 0.3) is 0 Å².